The van der Waals surface area contributed by atoms with Gasteiger partial charge in [0.25, 0.3) is 5.91 Å². The van der Waals surface area contributed by atoms with E-state index in [2.05, 4.69) is 20.0 Å². The van der Waals surface area contributed by atoms with Gasteiger partial charge in [-0.15, -0.1) is 0 Å². The van der Waals surface area contributed by atoms with Crippen molar-refractivity contribution in [3.05, 3.63) is 52.3 Å². The highest BCUT2D eigenvalue weighted by atomic mass is 35.5. The molecule has 32 heavy (non-hydrogen) atoms. The third kappa shape index (κ3) is 5.13. The number of carbonyl (C=O) groups is 1. The summed E-state index contributed by atoms with van der Waals surface area (Å²) in [6, 6.07) is 3.10. The smallest absolute Gasteiger partial charge is 0.422 e. The number of aromatic nitrogens is 2. The van der Waals surface area contributed by atoms with Crippen molar-refractivity contribution >= 4 is 29.0 Å². The molecule has 3 rings (SSSR count). The second-order valence-corrected chi connectivity index (χ2v) is 7.70. The first-order valence-electron chi connectivity index (χ1n) is 9.77. The molecule has 2 aromatic rings. The first kappa shape index (κ1) is 23.8. The van der Waals surface area contributed by atoms with Gasteiger partial charge >= 0.3 is 6.18 Å². The highest BCUT2D eigenvalue weighted by Crippen LogP contribution is 2.41. The Balaban J connectivity index is 1.85. The summed E-state index contributed by atoms with van der Waals surface area (Å²) in [6.07, 6.45) is -0.768. The minimum absolute atomic E-state index is 0.0242. The summed E-state index contributed by atoms with van der Waals surface area (Å²) in [6.45, 7) is 4.07. The maximum atomic E-state index is 12.4. The van der Waals surface area contributed by atoms with E-state index in [1.54, 1.807) is 6.20 Å². The first-order valence-corrected chi connectivity index (χ1v) is 10.1. The lowest BCUT2D eigenvalue weighted by atomic mass is 10.1. The van der Waals surface area contributed by atoms with E-state index in [9.17, 15) is 23.1 Å². The molecule has 1 aliphatic heterocycles. The summed E-state index contributed by atoms with van der Waals surface area (Å²) in [5.41, 5.74) is 3.21. The van der Waals surface area contributed by atoms with Crippen LogP contribution in [-0.4, -0.2) is 44.8 Å². The zero-order valence-corrected chi connectivity index (χ0v) is 18.3. The lowest BCUT2D eigenvalue weighted by molar-refractivity contribution is -0.154. The highest BCUT2D eigenvalue weighted by molar-refractivity contribution is 6.31. The van der Waals surface area contributed by atoms with Gasteiger partial charge in [0.2, 0.25) is 5.88 Å². The second kappa shape index (κ2) is 9.33. The van der Waals surface area contributed by atoms with Crippen molar-refractivity contribution in [2.45, 2.75) is 45.6 Å². The number of fused-ring (bicyclic) bond motifs is 1. The number of hydrogen-bond acceptors (Lipinski definition) is 6. The number of anilines is 1. The predicted molar refractivity (Wildman–Crippen MR) is 113 cm³/mol. The normalized spacial score (nSPS) is 16.6. The number of rotatable bonds is 6. The minimum Gasteiger partial charge on any atom is -0.467 e. The predicted octanol–water partition coefficient (Wildman–Crippen LogP) is 4.33. The van der Waals surface area contributed by atoms with Crippen LogP contribution in [0, 0.1) is 0 Å². The van der Waals surface area contributed by atoms with Crippen LogP contribution in [0.25, 0.3) is 5.70 Å². The van der Waals surface area contributed by atoms with Crippen molar-refractivity contribution in [3.63, 3.8) is 0 Å². The van der Waals surface area contributed by atoms with Crippen molar-refractivity contribution < 1.29 is 27.8 Å². The summed E-state index contributed by atoms with van der Waals surface area (Å²) >= 11 is 6.11. The van der Waals surface area contributed by atoms with Crippen LogP contribution in [0.2, 0.25) is 5.02 Å². The maximum absolute atomic E-state index is 12.4. The van der Waals surface area contributed by atoms with Crippen molar-refractivity contribution in [2.24, 2.45) is 0 Å². The molecule has 0 aliphatic carbocycles. The number of allylic oxidation sites excluding steroid dienone is 1. The van der Waals surface area contributed by atoms with Crippen LogP contribution in [-0.2, 0) is 11.3 Å². The lowest BCUT2D eigenvalue weighted by Gasteiger charge is -2.28. The van der Waals surface area contributed by atoms with E-state index in [0.29, 0.717) is 17.9 Å². The van der Waals surface area contributed by atoms with E-state index in [1.807, 2.05) is 30.9 Å². The topological polar surface area (TPSA) is 87.6 Å². The number of aliphatic hydroxyl groups excluding tert-OH is 1. The zero-order valence-electron chi connectivity index (χ0n) is 17.6. The molecule has 0 saturated heterocycles. The lowest BCUT2D eigenvalue weighted by Crippen LogP contribution is -2.26. The summed E-state index contributed by atoms with van der Waals surface area (Å²) in [5, 5.41) is 12.1. The molecule has 2 aromatic heterocycles. The molecular formula is C21H22ClF3N4O3. The first-order chi connectivity index (χ1) is 15.0. The molecule has 172 valence electrons. The highest BCUT2D eigenvalue weighted by Gasteiger charge is 2.32. The third-order valence-electron chi connectivity index (χ3n) is 5.02. The number of amides is 1. The molecule has 1 amide bonds. The quantitative estimate of drug-likeness (QED) is 0.653. The fraction of sp³-hybridized carbons (Fsp3) is 0.381. The molecule has 2 unspecified atom stereocenters. The molecule has 2 N–H and O–H groups in total. The van der Waals surface area contributed by atoms with Gasteiger partial charge in [-0.05, 0) is 38.5 Å². The van der Waals surface area contributed by atoms with Gasteiger partial charge in [0.1, 0.15) is 16.9 Å². The largest absolute Gasteiger partial charge is 0.467 e. The number of ether oxygens (including phenoxy) is 1. The van der Waals surface area contributed by atoms with Crippen LogP contribution in [0.5, 0.6) is 5.88 Å². The van der Waals surface area contributed by atoms with Gasteiger partial charge in [0, 0.05) is 35.8 Å². The van der Waals surface area contributed by atoms with E-state index >= 15 is 0 Å². The van der Waals surface area contributed by atoms with Crippen LogP contribution in [0.3, 0.4) is 0 Å². The fourth-order valence-corrected chi connectivity index (χ4v) is 3.63. The molecule has 1 aliphatic rings. The Morgan fingerprint density at radius 2 is 2.12 bits per heavy atom. The van der Waals surface area contributed by atoms with Crippen LogP contribution < -0.4 is 10.1 Å². The Bertz CT molecular complexity index is 1040. The van der Waals surface area contributed by atoms with Crippen molar-refractivity contribution in [1.29, 1.82) is 0 Å². The summed E-state index contributed by atoms with van der Waals surface area (Å²) in [4.78, 5) is 22.2. The van der Waals surface area contributed by atoms with Crippen LogP contribution >= 0.6 is 11.6 Å². The average molecular weight is 471 g/mol. The molecule has 2 atom stereocenters. The van der Waals surface area contributed by atoms with Crippen molar-refractivity contribution in [2.75, 3.05) is 11.9 Å². The molecular weight excluding hydrogens is 449 g/mol. The summed E-state index contributed by atoms with van der Waals surface area (Å²) < 4.78 is 41.9. The maximum Gasteiger partial charge on any atom is 0.422 e. The van der Waals surface area contributed by atoms with E-state index in [4.69, 9.17) is 11.6 Å². The molecule has 0 bridgehead atoms. The van der Waals surface area contributed by atoms with Crippen LogP contribution in [0.15, 0.2) is 30.6 Å². The van der Waals surface area contributed by atoms with Crippen LogP contribution in [0.4, 0.5) is 19.0 Å². The zero-order chi connectivity index (χ0) is 23.6. The Morgan fingerprint density at radius 1 is 1.41 bits per heavy atom. The molecule has 0 aromatic carbocycles. The van der Waals surface area contributed by atoms with Gasteiger partial charge in [0.15, 0.2) is 6.61 Å². The fourth-order valence-electron chi connectivity index (χ4n) is 3.40. The monoisotopic (exact) mass is 470 g/mol. The van der Waals surface area contributed by atoms with E-state index in [0.717, 1.165) is 16.8 Å². The second-order valence-electron chi connectivity index (χ2n) is 7.29. The molecule has 0 fully saturated rings. The van der Waals surface area contributed by atoms with Gasteiger partial charge in [-0.1, -0.05) is 17.7 Å². The third-order valence-corrected chi connectivity index (χ3v) is 5.29. The van der Waals surface area contributed by atoms with E-state index < -0.39 is 24.8 Å². The Labute approximate surface area is 187 Å². The average Bonchev–Trinajstić information content (AvgIpc) is 3.11. The van der Waals surface area contributed by atoms with E-state index in [1.165, 1.54) is 19.2 Å². The number of hydrogen-bond donors (Lipinski definition) is 2. The molecule has 7 nitrogen and oxygen atoms in total. The molecule has 11 heteroatoms. The van der Waals surface area contributed by atoms with Crippen LogP contribution in [0.1, 0.15) is 43.5 Å². The molecule has 0 saturated carbocycles. The Hall–Kier alpha value is -2.85. The summed E-state index contributed by atoms with van der Waals surface area (Å²) in [7, 11) is 0. The standard InChI is InChI=1S/C21H22ClF3N4O3/c1-4-17-14-5-6-26-18(28-19(31)12(3)30)15(14)9-29(17)11(2)13-7-16(22)20(27-8-13)32-10-21(23,24)25/h4-8,11-12,30H,9-10H2,1-3H3,(H,26,28,31)/b17-4+. The van der Waals surface area contributed by atoms with Gasteiger partial charge in [-0.25, -0.2) is 9.97 Å². The van der Waals surface area contributed by atoms with Gasteiger partial charge < -0.3 is 20.1 Å². The SMILES string of the molecule is C/C=C1\c2ccnc(NC(=O)C(C)O)c2CN1C(C)c1cnc(OCC(F)(F)F)c(Cl)c1. The molecule has 0 radical (unpaired) electrons. The Kier molecular flexibility index (Phi) is 6.94. The number of nitrogens with zero attached hydrogens (tertiary/aromatic N) is 3. The van der Waals surface area contributed by atoms with E-state index in [-0.39, 0.29) is 16.9 Å². The number of pyridine rings is 2. The Morgan fingerprint density at radius 3 is 2.72 bits per heavy atom. The molecule has 0 spiro atoms. The number of nitrogens with one attached hydrogen (secondary N) is 1. The number of alkyl halides is 3. The number of carbonyl (C=O) groups excluding carboxylic acids is 1. The summed E-state index contributed by atoms with van der Waals surface area (Å²) in [5.74, 6) is -0.498. The van der Waals surface area contributed by atoms with Gasteiger partial charge in [-0.3, -0.25) is 4.79 Å². The number of halogens is 4. The minimum atomic E-state index is -4.49. The van der Waals surface area contributed by atoms with Crippen molar-refractivity contribution in [1.82, 2.24) is 14.9 Å². The molecule has 3 heterocycles. The van der Waals surface area contributed by atoms with Gasteiger partial charge in [-0.2, -0.15) is 13.2 Å². The van der Waals surface area contributed by atoms with Gasteiger partial charge in [0.05, 0.1) is 6.04 Å². The number of aliphatic hydroxyl groups is 1. The van der Waals surface area contributed by atoms with Crippen molar-refractivity contribution in [3.8, 4) is 5.88 Å².